The standard InChI is InChI=1S/C23H23ClN2O4S/c1-16-9-10-17(2)20(13-16)25-23(27)15-26(21-14-18(24)11-12-22(21)30-3)31(28,29)19-7-5-4-6-8-19/h4-14H,15H2,1-3H3,(H,25,27). The van der Waals surface area contributed by atoms with Crippen LogP contribution in [0.1, 0.15) is 11.1 Å². The van der Waals surface area contributed by atoms with Gasteiger partial charge in [0.25, 0.3) is 10.0 Å². The lowest BCUT2D eigenvalue weighted by Gasteiger charge is -2.26. The number of sulfonamides is 1. The molecule has 162 valence electrons. The Morgan fingerprint density at radius 3 is 2.42 bits per heavy atom. The van der Waals surface area contributed by atoms with E-state index in [2.05, 4.69) is 5.32 Å². The van der Waals surface area contributed by atoms with Gasteiger partial charge in [-0.15, -0.1) is 0 Å². The van der Waals surface area contributed by atoms with Gasteiger partial charge in [0.15, 0.2) is 0 Å². The third-order valence-corrected chi connectivity index (χ3v) is 6.70. The number of ether oxygens (including phenoxy) is 1. The van der Waals surface area contributed by atoms with Crippen LogP contribution in [0.15, 0.2) is 71.6 Å². The number of carbonyl (C=O) groups is 1. The number of nitrogens with zero attached hydrogens (tertiary/aromatic N) is 1. The Bertz CT molecular complexity index is 1200. The highest BCUT2D eigenvalue weighted by Gasteiger charge is 2.29. The first-order valence-electron chi connectivity index (χ1n) is 9.51. The number of methoxy groups -OCH3 is 1. The van der Waals surface area contributed by atoms with Crippen LogP contribution in [0.25, 0.3) is 0 Å². The zero-order chi connectivity index (χ0) is 22.6. The average molecular weight is 459 g/mol. The Hall–Kier alpha value is -3.03. The van der Waals surface area contributed by atoms with E-state index in [1.807, 2.05) is 32.0 Å². The number of hydrogen-bond donors (Lipinski definition) is 1. The minimum atomic E-state index is -4.08. The van der Waals surface area contributed by atoms with Crippen LogP contribution in [0.2, 0.25) is 5.02 Å². The molecule has 0 aliphatic heterocycles. The number of aryl methyl sites for hydroxylation is 2. The van der Waals surface area contributed by atoms with Crippen molar-refractivity contribution < 1.29 is 17.9 Å². The molecule has 0 saturated heterocycles. The monoisotopic (exact) mass is 458 g/mol. The number of anilines is 2. The van der Waals surface area contributed by atoms with E-state index < -0.39 is 22.5 Å². The SMILES string of the molecule is COc1ccc(Cl)cc1N(CC(=O)Nc1cc(C)ccc1C)S(=O)(=O)c1ccccc1. The molecule has 0 aliphatic carbocycles. The molecule has 0 atom stereocenters. The maximum atomic E-state index is 13.5. The Labute approximate surface area is 187 Å². The van der Waals surface area contributed by atoms with Crippen LogP contribution in [0.3, 0.4) is 0 Å². The average Bonchev–Trinajstić information content (AvgIpc) is 2.75. The summed E-state index contributed by atoms with van der Waals surface area (Å²) in [7, 11) is -2.65. The lowest BCUT2D eigenvalue weighted by molar-refractivity contribution is -0.114. The normalized spacial score (nSPS) is 11.1. The smallest absolute Gasteiger partial charge is 0.264 e. The zero-order valence-corrected chi connectivity index (χ0v) is 19.0. The van der Waals surface area contributed by atoms with Crippen molar-refractivity contribution in [3.8, 4) is 5.75 Å². The predicted molar refractivity (Wildman–Crippen MR) is 124 cm³/mol. The fraction of sp³-hybridized carbons (Fsp3) is 0.174. The second-order valence-corrected chi connectivity index (χ2v) is 9.31. The van der Waals surface area contributed by atoms with Crippen molar-refractivity contribution in [2.24, 2.45) is 0 Å². The lowest BCUT2D eigenvalue weighted by Crippen LogP contribution is -2.38. The summed E-state index contributed by atoms with van der Waals surface area (Å²) in [5.74, 6) is -0.210. The van der Waals surface area contributed by atoms with E-state index in [1.54, 1.807) is 30.3 Å². The molecule has 31 heavy (non-hydrogen) atoms. The Balaban J connectivity index is 2.03. The van der Waals surface area contributed by atoms with Crippen LogP contribution in [0, 0.1) is 13.8 Å². The van der Waals surface area contributed by atoms with E-state index in [0.29, 0.717) is 10.7 Å². The molecule has 0 spiro atoms. The molecule has 6 nitrogen and oxygen atoms in total. The van der Waals surface area contributed by atoms with Gasteiger partial charge in [0, 0.05) is 10.7 Å². The fourth-order valence-electron chi connectivity index (χ4n) is 3.07. The topological polar surface area (TPSA) is 75.7 Å². The Kier molecular flexibility index (Phi) is 6.87. The molecular formula is C23H23ClN2O4S. The molecular weight excluding hydrogens is 436 g/mol. The summed E-state index contributed by atoms with van der Waals surface area (Å²) >= 11 is 6.14. The van der Waals surface area contributed by atoms with Crippen molar-refractivity contribution in [1.82, 2.24) is 0 Å². The minimum absolute atomic E-state index is 0.0524. The number of carbonyl (C=O) groups excluding carboxylic acids is 1. The van der Waals surface area contributed by atoms with Crippen LogP contribution >= 0.6 is 11.6 Å². The molecule has 0 aliphatic rings. The summed E-state index contributed by atoms with van der Waals surface area (Å²) in [5.41, 5.74) is 2.65. The highest BCUT2D eigenvalue weighted by Crippen LogP contribution is 2.34. The molecule has 0 saturated carbocycles. The third kappa shape index (κ3) is 5.18. The summed E-state index contributed by atoms with van der Waals surface area (Å²) in [6, 6.07) is 18.2. The van der Waals surface area contributed by atoms with Gasteiger partial charge in [-0.25, -0.2) is 8.42 Å². The van der Waals surface area contributed by atoms with Gasteiger partial charge >= 0.3 is 0 Å². The molecule has 0 radical (unpaired) electrons. The molecule has 8 heteroatoms. The van der Waals surface area contributed by atoms with E-state index in [1.165, 1.54) is 25.3 Å². The zero-order valence-electron chi connectivity index (χ0n) is 17.4. The summed E-state index contributed by atoms with van der Waals surface area (Å²) in [4.78, 5) is 13.0. The first-order valence-corrected chi connectivity index (χ1v) is 11.3. The lowest BCUT2D eigenvalue weighted by atomic mass is 10.1. The third-order valence-electron chi connectivity index (χ3n) is 4.70. The second kappa shape index (κ2) is 9.41. The number of halogens is 1. The number of amides is 1. The van der Waals surface area contributed by atoms with E-state index >= 15 is 0 Å². The largest absolute Gasteiger partial charge is 0.495 e. The Morgan fingerprint density at radius 1 is 1.03 bits per heavy atom. The van der Waals surface area contributed by atoms with Crippen LogP contribution in [-0.2, 0) is 14.8 Å². The fourth-order valence-corrected chi connectivity index (χ4v) is 4.68. The van der Waals surface area contributed by atoms with Gasteiger partial charge in [0.1, 0.15) is 12.3 Å². The Morgan fingerprint density at radius 2 is 1.74 bits per heavy atom. The molecule has 1 N–H and O–H groups in total. The van der Waals surface area contributed by atoms with Crippen molar-refractivity contribution >= 4 is 38.9 Å². The van der Waals surface area contributed by atoms with E-state index in [-0.39, 0.29) is 16.3 Å². The van der Waals surface area contributed by atoms with Gasteiger partial charge in [-0.2, -0.15) is 0 Å². The number of rotatable bonds is 7. The number of nitrogens with one attached hydrogen (secondary N) is 1. The van der Waals surface area contributed by atoms with Crippen LogP contribution in [-0.4, -0.2) is 28.0 Å². The van der Waals surface area contributed by atoms with Gasteiger partial charge in [-0.05, 0) is 61.4 Å². The van der Waals surface area contributed by atoms with Crippen LogP contribution in [0.5, 0.6) is 5.75 Å². The number of hydrogen-bond acceptors (Lipinski definition) is 4. The van der Waals surface area contributed by atoms with Crippen molar-refractivity contribution in [3.63, 3.8) is 0 Å². The van der Waals surface area contributed by atoms with Crippen molar-refractivity contribution in [3.05, 3.63) is 82.9 Å². The quantitative estimate of drug-likeness (QED) is 0.551. The van der Waals surface area contributed by atoms with E-state index in [9.17, 15) is 13.2 Å². The maximum Gasteiger partial charge on any atom is 0.264 e. The summed E-state index contributed by atoms with van der Waals surface area (Å²) in [6.07, 6.45) is 0. The van der Waals surface area contributed by atoms with Crippen molar-refractivity contribution in [2.75, 3.05) is 23.3 Å². The first kappa shape index (κ1) is 22.7. The predicted octanol–water partition coefficient (Wildman–Crippen LogP) is 4.80. The maximum absolute atomic E-state index is 13.5. The van der Waals surface area contributed by atoms with E-state index in [0.717, 1.165) is 15.4 Å². The molecule has 3 aromatic carbocycles. The second-order valence-electron chi connectivity index (χ2n) is 7.01. The first-order chi connectivity index (χ1) is 14.7. The highest BCUT2D eigenvalue weighted by atomic mass is 35.5. The van der Waals surface area contributed by atoms with Crippen LogP contribution < -0.4 is 14.4 Å². The van der Waals surface area contributed by atoms with Gasteiger partial charge in [-0.3, -0.25) is 9.10 Å². The molecule has 0 bridgehead atoms. The molecule has 0 aromatic heterocycles. The van der Waals surface area contributed by atoms with Gasteiger partial charge in [-0.1, -0.05) is 41.9 Å². The van der Waals surface area contributed by atoms with Crippen LogP contribution in [0.4, 0.5) is 11.4 Å². The molecule has 0 heterocycles. The van der Waals surface area contributed by atoms with E-state index in [4.69, 9.17) is 16.3 Å². The van der Waals surface area contributed by atoms with Crippen molar-refractivity contribution in [2.45, 2.75) is 18.7 Å². The van der Waals surface area contributed by atoms with Gasteiger partial charge in [0.2, 0.25) is 5.91 Å². The van der Waals surface area contributed by atoms with Gasteiger partial charge in [0.05, 0.1) is 17.7 Å². The molecule has 1 amide bonds. The summed E-state index contributed by atoms with van der Waals surface area (Å²) in [5, 5.41) is 3.13. The summed E-state index contributed by atoms with van der Waals surface area (Å²) in [6.45, 7) is 3.33. The molecule has 0 fully saturated rings. The molecule has 3 aromatic rings. The summed E-state index contributed by atoms with van der Waals surface area (Å²) < 4.78 is 33.3. The minimum Gasteiger partial charge on any atom is -0.495 e. The number of benzene rings is 3. The molecule has 3 rings (SSSR count). The highest BCUT2D eigenvalue weighted by molar-refractivity contribution is 7.92. The van der Waals surface area contributed by atoms with Crippen molar-refractivity contribution in [1.29, 1.82) is 0 Å². The molecule has 0 unspecified atom stereocenters. The van der Waals surface area contributed by atoms with Gasteiger partial charge < -0.3 is 10.1 Å².